The number of aromatic nitrogens is 3. The third-order valence-corrected chi connectivity index (χ3v) is 6.07. The van der Waals surface area contributed by atoms with Crippen LogP contribution < -0.4 is 14.8 Å². The van der Waals surface area contributed by atoms with Gasteiger partial charge >= 0.3 is 0 Å². The Balaban J connectivity index is 1.57. The highest BCUT2D eigenvalue weighted by molar-refractivity contribution is 5.89. The van der Waals surface area contributed by atoms with Gasteiger partial charge in [-0.1, -0.05) is 41.6 Å². The standard InChI is InChI=1S/C28H28FN5O4/c1-28(2,3)30-27(36)26(19-8-4-5-9-20(19)29)33(15-18-12-13-23-24(14-18)38-17-37-23)25(35)16-34-22-11-7-6-10-21(22)31-32-34/h4-14,26H,15-17H2,1-3H3,(H,30,36)/t26-/m1/s1. The van der Waals surface area contributed by atoms with E-state index in [-0.39, 0.29) is 25.4 Å². The average Bonchev–Trinajstić information content (AvgIpc) is 3.50. The number of carbonyl (C=O) groups is 2. The summed E-state index contributed by atoms with van der Waals surface area (Å²) in [6.07, 6.45) is 0. The molecule has 0 bridgehead atoms. The van der Waals surface area contributed by atoms with Crippen LogP contribution >= 0.6 is 0 Å². The summed E-state index contributed by atoms with van der Waals surface area (Å²) in [5, 5.41) is 11.2. The van der Waals surface area contributed by atoms with Gasteiger partial charge in [0, 0.05) is 17.6 Å². The number of fused-ring (bicyclic) bond motifs is 2. The van der Waals surface area contributed by atoms with Gasteiger partial charge in [0.05, 0.1) is 5.52 Å². The highest BCUT2D eigenvalue weighted by Crippen LogP contribution is 2.34. The number of carbonyl (C=O) groups excluding carboxylic acids is 2. The number of amides is 2. The molecule has 1 aromatic heterocycles. The van der Waals surface area contributed by atoms with Crippen molar-refractivity contribution in [3.8, 4) is 11.5 Å². The molecule has 1 atom stereocenters. The third-order valence-electron chi connectivity index (χ3n) is 6.07. The number of rotatable bonds is 7. The molecule has 2 amide bonds. The molecule has 10 heteroatoms. The molecule has 2 heterocycles. The summed E-state index contributed by atoms with van der Waals surface area (Å²) >= 11 is 0. The van der Waals surface area contributed by atoms with E-state index >= 15 is 4.39 Å². The fourth-order valence-corrected chi connectivity index (χ4v) is 4.40. The Morgan fingerprint density at radius 1 is 1.05 bits per heavy atom. The average molecular weight is 518 g/mol. The summed E-state index contributed by atoms with van der Waals surface area (Å²) in [6.45, 7) is 5.41. The summed E-state index contributed by atoms with van der Waals surface area (Å²) < 4.78 is 27.6. The fraction of sp³-hybridized carbons (Fsp3) is 0.286. The van der Waals surface area contributed by atoms with E-state index in [9.17, 15) is 9.59 Å². The summed E-state index contributed by atoms with van der Waals surface area (Å²) in [4.78, 5) is 29.0. The summed E-state index contributed by atoms with van der Waals surface area (Å²) in [5.41, 5.74) is 1.47. The Labute approximate surface area is 219 Å². The van der Waals surface area contributed by atoms with Gasteiger partial charge in [0.2, 0.25) is 18.6 Å². The minimum atomic E-state index is -1.25. The van der Waals surface area contributed by atoms with E-state index in [2.05, 4.69) is 15.6 Å². The van der Waals surface area contributed by atoms with E-state index in [4.69, 9.17) is 9.47 Å². The van der Waals surface area contributed by atoms with E-state index in [1.165, 1.54) is 21.7 Å². The van der Waals surface area contributed by atoms with Crippen LogP contribution in [-0.4, -0.2) is 44.0 Å². The summed E-state index contributed by atoms with van der Waals surface area (Å²) in [7, 11) is 0. The molecule has 0 unspecified atom stereocenters. The van der Waals surface area contributed by atoms with Crippen molar-refractivity contribution in [3.05, 3.63) is 83.7 Å². The first-order chi connectivity index (χ1) is 18.2. The van der Waals surface area contributed by atoms with Crippen molar-refractivity contribution >= 4 is 22.8 Å². The van der Waals surface area contributed by atoms with Crippen molar-refractivity contribution < 1.29 is 23.5 Å². The van der Waals surface area contributed by atoms with Gasteiger partial charge in [-0.05, 0) is 56.7 Å². The topological polar surface area (TPSA) is 98.6 Å². The number of halogens is 1. The zero-order chi connectivity index (χ0) is 26.9. The lowest BCUT2D eigenvalue weighted by Crippen LogP contribution is -2.49. The summed E-state index contributed by atoms with van der Waals surface area (Å²) in [5.74, 6) is -0.386. The van der Waals surface area contributed by atoms with Gasteiger partial charge in [-0.25, -0.2) is 9.07 Å². The first-order valence-corrected chi connectivity index (χ1v) is 12.2. The van der Waals surface area contributed by atoms with E-state index in [0.29, 0.717) is 28.1 Å². The molecule has 3 aromatic carbocycles. The van der Waals surface area contributed by atoms with E-state index < -0.39 is 29.2 Å². The monoisotopic (exact) mass is 517 g/mol. The largest absolute Gasteiger partial charge is 0.454 e. The maximum absolute atomic E-state index is 15.2. The molecule has 0 saturated carbocycles. The van der Waals surface area contributed by atoms with Crippen LogP contribution in [0.4, 0.5) is 4.39 Å². The van der Waals surface area contributed by atoms with Gasteiger partial charge in [0.15, 0.2) is 11.5 Å². The third kappa shape index (κ3) is 5.29. The molecular formula is C28H28FN5O4. The first kappa shape index (κ1) is 25.2. The Morgan fingerprint density at radius 2 is 1.79 bits per heavy atom. The van der Waals surface area contributed by atoms with Gasteiger partial charge in [-0.15, -0.1) is 5.10 Å². The predicted octanol–water partition coefficient (Wildman–Crippen LogP) is 3.98. The number of benzene rings is 3. The second-order valence-corrected chi connectivity index (χ2v) is 10.1. The van der Waals surface area contributed by atoms with Crippen LogP contribution in [0.5, 0.6) is 11.5 Å². The fourth-order valence-electron chi connectivity index (χ4n) is 4.40. The lowest BCUT2D eigenvalue weighted by atomic mass is 10.00. The minimum Gasteiger partial charge on any atom is -0.454 e. The van der Waals surface area contributed by atoms with E-state index in [0.717, 1.165) is 0 Å². The molecular weight excluding hydrogens is 489 g/mol. The zero-order valence-electron chi connectivity index (χ0n) is 21.3. The first-order valence-electron chi connectivity index (χ1n) is 12.2. The highest BCUT2D eigenvalue weighted by Gasteiger charge is 2.35. The molecule has 5 rings (SSSR count). The second kappa shape index (κ2) is 10.1. The number of hydrogen-bond donors (Lipinski definition) is 1. The molecule has 9 nitrogen and oxygen atoms in total. The molecule has 4 aromatic rings. The highest BCUT2D eigenvalue weighted by atomic mass is 19.1. The molecule has 1 aliphatic heterocycles. The van der Waals surface area contributed by atoms with Crippen LogP contribution in [0.2, 0.25) is 0 Å². The molecule has 0 spiro atoms. The van der Waals surface area contributed by atoms with Crippen molar-refractivity contribution in [3.63, 3.8) is 0 Å². The van der Waals surface area contributed by atoms with Gasteiger partial charge in [0.25, 0.3) is 0 Å². The van der Waals surface area contributed by atoms with Crippen LogP contribution in [-0.2, 0) is 22.7 Å². The number of nitrogens with zero attached hydrogens (tertiary/aromatic N) is 4. The van der Waals surface area contributed by atoms with Gasteiger partial charge < -0.3 is 19.7 Å². The lowest BCUT2D eigenvalue weighted by molar-refractivity contribution is -0.143. The van der Waals surface area contributed by atoms with Gasteiger partial charge in [-0.2, -0.15) is 0 Å². The molecule has 196 valence electrons. The van der Waals surface area contributed by atoms with Crippen molar-refractivity contribution in [2.75, 3.05) is 6.79 Å². The molecule has 1 N–H and O–H groups in total. The number of para-hydroxylation sites is 1. The van der Waals surface area contributed by atoms with Crippen LogP contribution in [0.1, 0.15) is 37.9 Å². The molecule has 0 radical (unpaired) electrons. The summed E-state index contributed by atoms with van der Waals surface area (Å²) in [6, 6.07) is 17.3. The maximum atomic E-state index is 15.2. The van der Waals surface area contributed by atoms with Crippen LogP contribution in [0, 0.1) is 5.82 Å². The van der Waals surface area contributed by atoms with Crippen molar-refractivity contribution in [2.45, 2.75) is 45.4 Å². The quantitative estimate of drug-likeness (QED) is 0.398. The number of ether oxygens (including phenoxy) is 2. The van der Waals surface area contributed by atoms with E-state index in [1.807, 2.05) is 39.0 Å². The van der Waals surface area contributed by atoms with Crippen LogP contribution in [0.25, 0.3) is 11.0 Å². The SMILES string of the molecule is CC(C)(C)NC(=O)[C@@H](c1ccccc1F)N(Cc1ccc2c(c1)OCO2)C(=O)Cn1nnc2ccccc21. The predicted molar refractivity (Wildman–Crippen MR) is 138 cm³/mol. The number of hydrogen-bond acceptors (Lipinski definition) is 6. The Kier molecular flexibility index (Phi) is 6.71. The van der Waals surface area contributed by atoms with Crippen LogP contribution in [0.15, 0.2) is 66.7 Å². The maximum Gasteiger partial charge on any atom is 0.247 e. The molecule has 0 fully saturated rings. The minimum absolute atomic E-state index is 0.0126. The second-order valence-electron chi connectivity index (χ2n) is 10.1. The Hall–Kier alpha value is -4.47. The molecule has 38 heavy (non-hydrogen) atoms. The molecule has 0 aliphatic carbocycles. The smallest absolute Gasteiger partial charge is 0.247 e. The normalized spacial score (nSPS) is 13.4. The van der Waals surface area contributed by atoms with Gasteiger partial charge in [-0.3, -0.25) is 9.59 Å². The van der Waals surface area contributed by atoms with Crippen molar-refractivity contribution in [1.82, 2.24) is 25.2 Å². The number of nitrogens with one attached hydrogen (secondary N) is 1. The van der Waals surface area contributed by atoms with Gasteiger partial charge in [0.1, 0.15) is 23.9 Å². The zero-order valence-corrected chi connectivity index (χ0v) is 21.3. The van der Waals surface area contributed by atoms with E-state index in [1.54, 1.807) is 36.4 Å². The molecule has 1 aliphatic rings. The van der Waals surface area contributed by atoms with Crippen molar-refractivity contribution in [1.29, 1.82) is 0 Å². The molecule has 0 saturated heterocycles. The van der Waals surface area contributed by atoms with Crippen molar-refractivity contribution in [2.24, 2.45) is 0 Å². The lowest BCUT2D eigenvalue weighted by Gasteiger charge is -2.34. The van der Waals surface area contributed by atoms with Crippen LogP contribution in [0.3, 0.4) is 0 Å². The Bertz CT molecular complexity index is 1500. The Morgan fingerprint density at radius 3 is 2.58 bits per heavy atom.